The van der Waals surface area contributed by atoms with Gasteiger partial charge in [0.1, 0.15) is 5.01 Å². The van der Waals surface area contributed by atoms with E-state index in [0.29, 0.717) is 10.0 Å². The molecule has 0 aliphatic carbocycles. The number of aliphatic carboxylic acids is 1. The summed E-state index contributed by atoms with van der Waals surface area (Å²) in [5.41, 5.74) is 1.76. The second kappa shape index (κ2) is 6.12. The third kappa shape index (κ3) is 3.10. The first kappa shape index (κ1) is 15.7. The van der Waals surface area contributed by atoms with Gasteiger partial charge in [-0.2, -0.15) is 0 Å². The van der Waals surface area contributed by atoms with Crippen molar-refractivity contribution in [3.63, 3.8) is 0 Å². The van der Waals surface area contributed by atoms with Gasteiger partial charge in [0, 0.05) is 22.1 Å². The summed E-state index contributed by atoms with van der Waals surface area (Å²) in [7, 11) is 0. The smallest absolute Gasteiger partial charge is 0.134 e. The molecule has 0 aromatic carbocycles. The quantitative estimate of drug-likeness (QED) is 0.694. The molecule has 7 heteroatoms. The van der Waals surface area contributed by atoms with Gasteiger partial charge < -0.3 is 9.90 Å². The fourth-order valence-electron chi connectivity index (χ4n) is 2.02. The third-order valence-corrected chi connectivity index (χ3v) is 7.01. The first-order chi connectivity index (χ1) is 10.4. The highest BCUT2D eigenvalue weighted by atomic mass is 35.5. The topological polar surface area (TPSA) is 53.0 Å². The first-order valence-electron chi connectivity index (χ1n) is 6.46. The summed E-state index contributed by atoms with van der Waals surface area (Å²) in [5.74, 6) is -1.13. The number of thiazole rings is 1. The van der Waals surface area contributed by atoms with Crippen LogP contribution in [0, 0.1) is 13.8 Å². The van der Waals surface area contributed by atoms with Gasteiger partial charge in [0.2, 0.25) is 0 Å². The van der Waals surface area contributed by atoms with E-state index in [1.807, 2.05) is 12.1 Å². The van der Waals surface area contributed by atoms with Crippen LogP contribution in [-0.4, -0.2) is 11.0 Å². The molecule has 0 radical (unpaired) electrons. The Labute approximate surface area is 144 Å². The molecular formula is C15H11ClNO2S3-. The lowest BCUT2D eigenvalue weighted by Gasteiger charge is -2.00. The van der Waals surface area contributed by atoms with Crippen LogP contribution in [0.25, 0.3) is 19.6 Å². The Hall–Kier alpha value is -1.21. The van der Waals surface area contributed by atoms with Crippen LogP contribution in [0.5, 0.6) is 0 Å². The van der Waals surface area contributed by atoms with Crippen molar-refractivity contribution in [3.05, 3.63) is 38.7 Å². The average Bonchev–Trinajstić information content (AvgIpc) is 3.10. The molecule has 0 saturated carbocycles. The van der Waals surface area contributed by atoms with E-state index in [0.717, 1.165) is 19.6 Å². The summed E-state index contributed by atoms with van der Waals surface area (Å²) in [6.07, 6.45) is -0.190. The van der Waals surface area contributed by atoms with E-state index in [2.05, 4.69) is 24.9 Å². The number of hydrogen-bond donors (Lipinski definition) is 0. The minimum absolute atomic E-state index is 0.190. The van der Waals surface area contributed by atoms with Crippen molar-refractivity contribution in [1.82, 2.24) is 4.98 Å². The molecule has 0 atom stereocenters. The Bertz CT molecular complexity index is 827. The summed E-state index contributed by atoms with van der Waals surface area (Å²) in [5, 5.41) is 11.8. The van der Waals surface area contributed by atoms with Crippen molar-refractivity contribution in [2.45, 2.75) is 20.3 Å². The molecule has 3 aromatic rings. The highest BCUT2D eigenvalue weighted by Crippen LogP contribution is 2.42. The number of thiophene rings is 2. The molecule has 0 spiro atoms. The number of halogens is 1. The predicted molar refractivity (Wildman–Crippen MR) is 91.9 cm³/mol. The molecular weight excluding hydrogens is 358 g/mol. The summed E-state index contributed by atoms with van der Waals surface area (Å²) in [6.45, 7) is 4.13. The lowest BCUT2D eigenvalue weighted by atomic mass is 10.2. The Kier molecular flexibility index (Phi) is 4.36. The Morgan fingerprint density at radius 3 is 2.55 bits per heavy atom. The van der Waals surface area contributed by atoms with Gasteiger partial charge in [-0.1, -0.05) is 11.6 Å². The number of nitrogens with zero attached hydrogens (tertiary/aromatic N) is 1. The van der Waals surface area contributed by atoms with Crippen molar-refractivity contribution >= 4 is 51.6 Å². The molecule has 3 rings (SSSR count). The van der Waals surface area contributed by atoms with Crippen molar-refractivity contribution in [1.29, 1.82) is 0 Å². The molecule has 3 heterocycles. The number of carbonyl (C=O) groups is 1. The van der Waals surface area contributed by atoms with E-state index in [-0.39, 0.29) is 6.42 Å². The molecule has 0 N–H and O–H groups in total. The standard InChI is InChI=1S/C15H12ClNO2S3/c1-7-5-11(20-8(7)2)15-17-9(6-13(18)19)14(22-15)10-3-4-12(16)21-10/h3-5H,6H2,1-2H3,(H,18,19)/p-1. The predicted octanol–water partition coefficient (Wildman–Crippen LogP) is 4.16. The second-order valence-corrected chi connectivity index (χ2v) is 8.77. The van der Waals surface area contributed by atoms with E-state index in [1.165, 1.54) is 33.1 Å². The van der Waals surface area contributed by atoms with Crippen LogP contribution >= 0.6 is 45.6 Å². The van der Waals surface area contributed by atoms with Gasteiger partial charge in [-0.25, -0.2) is 4.98 Å². The SMILES string of the molecule is Cc1cc(-c2nc(CC(=O)[O-])c(-c3ccc(Cl)s3)s2)sc1C. The highest BCUT2D eigenvalue weighted by molar-refractivity contribution is 7.27. The van der Waals surface area contributed by atoms with Crippen LogP contribution in [0.2, 0.25) is 4.34 Å². The summed E-state index contributed by atoms with van der Waals surface area (Å²) < 4.78 is 0.673. The van der Waals surface area contributed by atoms with Gasteiger partial charge in [-0.15, -0.1) is 34.0 Å². The minimum Gasteiger partial charge on any atom is -0.550 e. The maximum atomic E-state index is 11.0. The summed E-state index contributed by atoms with van der Waals surface area (Å²) >= 11 is 10.6. The van der Waals surface area contributed by atoms with E-state index in [1.54, 1.807) is 11.3 Å². The number of hydrogen-bond acceptors (Lipinski definition) is 6. The number of aryl methyl sites for hydroxylation is 2. The maximum Gasteiger partial charge on any atom is 0.134 e. The van der Waals surface area contributed by atoms with Gasteiger partial charge >= 0.3 is 0 Å². The number of carbonyl (C=O) groups excluding carboxylic acids is 1. The largest absolute Gasteiger partial charge is 0.550 e. The lowest BCUT2D eigenvalue weighted by Crippen LogP contribution is -2.24. The van der Waals surface area contributed by atoms with Gasteiger partial charge in [-0.05, 0) is 37.6 Å². The molecule has 0 aliphatic rings. The Morgan fingerprint density at radius 2 is 2.00 bits per heavy atom. The zero-order valence-corrected chi connectivity index (χ0v) is 15.0. The second-order valence-electron chi connectivity index (χ2n) is 4.80. The van der Waals surface area contributed by atoms with E-state index >= 15 is 0 Å². The molecule has 0 fully saturated rings. The number of carboxylic acids is 1. The third-order valence-electron chi connectivity index (χ3n) is 3.18. The van der Waals surface area contributed by atoms with Gasteiger partial charge in [0.05, 0.1) is 19.8 Å². The Morgan fingerprint density at radius 1 is 1.23 bits per heavy atom. The van der Waals surface area contributed by atoms with Crippen molar-refractivity contribution in [3.8, 4) is 19.6 Å². The normalized spacial score (nSPS) is 11.0. The number of aromatic nitrogens is 1. The lowest BCUT2D eigenvalue weighted by molar-refractivity contribution is -0.304. The monoisotopic (exact) mass is 368 g/mol. The van der Waals surface area contributed by atoms with Crippen LogP contribution in [0.3, 0.4) is 0 Å². The van der Waals surface area contributed by atoms with Crippen LogP contribution in [0.1, 0.15) is 16.1 Å². The molecule has 114 valence electrons. The molecule has 0 amide bonds. The fourth-order valence-corrected chi connectivity index (χ4v) is 5.36. The maximum absolute atomic E-state index is 11.0. The van der Waals surface area contributed by atoms with Crippen LogP contribution in [-0.2, 0) is 11.2 Å². The highest BCUT2D eigenvalue weighted by Gasteiger charge is 2.17. The van der Waals surface area contributed by atoms with Crippen molar-refractivity contribution in [2.24, 2.45) is 0 Å². The molecule has 22 heavy (non-hydrogen) atoms. The van der Waals surface area contributed by atoms with Crippen LogP contribution in [0.15, 0.2) is 18.2 Å². The molecule has 0 bridgehead atoms. The molecule has 0 saturated heterocycles. The average molecular weight is 369 g/mol. The van der Waals surface area contributed by atoms with E-state index < -0.39 is 5.97 Å². The van der Waals surface area contributed by atoms with Crippen molar-refractivity contribution in [2.75, 3.05) is 0 Å². The van der Waals surface area contributed by atoms with E-state index in [9.17, 15) is 9.90 Å². The zero-order valence-electron chi connectivity index (χ0n) is 11.8. The molecule has 0 aliphatic heterocycles. The number of carboxylic acid groups (broad SMARTS) is 1. The number of rotatable bonds is 4. The Balaban J connectivity index is 2.09. The van der Waals surface area contributed by atoms with Crippen LogP contribution in [0.4, 0.5) is 0 Å². The summed E-state index contributed by atoms with van der Waals surface area (Å²) in [4.78, 5) is 19.6. The van der Waals surface area contributed by atoms with Gasteiger partial charge in [0.25, 0.3) is 0 Å². The molecule has 0 unspecified atom stereocenters. The summed E-state index contributed by atoms with van der Waals surface area (Å²) in [6, 6.07) is 5.80. The zero-order chi connectivity index (χ0) is 15.9. The first-order valence-corrected chi connectivity index (χ1v) is 9.29. The molecule has 3 aromatic heterocycles. The minimum atomic E-state index is -1.13. The fraction of sp³-hybridized carbons (Fsp3) is 0.200. The van der Waals surface area contributed by atoms with E-state index in [4.69, 9.17) is 11.6 Å². The van der Waals surface area contributed by atoms with Crippen molar-refractivity contribution < 1.29 is 9.90 Å². The van der Waals surface area contributed by atoms with Gasteiger partial charge in [0.15, 0.2) is 0 Å². The van der Waals surface area contributed by atoms with Crippen LogP contribution < -0.4 is 5.11 Å². The molecule has 3 nitrogen and oxygen atoms in total. The van der Waals surface area contributed by atoms with Gasteiger partial charge in [-0.3, -0.25) is 0 Å².